The molecule has 3 heteroatoms. The number of nitrogens with zero attached hydrogens (tertiary/aromatic N) is 1. The minimum atomic E-state index is 0.705. The summed E-state index contributed by atoms with van der Waals surface area (Å²) in [6, 6.07) is 0. The molecular weight excluding hydrogens is 90.1 g/mol. The monoisotopic (exact) mass is 97.1 g/mol. The van der Waals surface area contributed by atoms with Gasteiger partial charge in [0.1, 0.15) is 0 Å². The molecule has 0 saturated carbocycles. The zero-order valence-corrected chi connectivity index (χ0v) is 3.89. The van der Waals surface area contributed by atoms with E-state index >= 15 is 0 Å². The van der Waals surface area contributed by atoms with Gasteiger partial charge in [-0.05, 0) is 6.08 Å². The SMILES string of the molecule is NNC1=CC=NC1. The third-order valence-electron chi connectivity index (χ3n) is 0.828. The molecule has 1 rings (SSSR count). The molecule has 0 aliphatic carbocycles. The molecule has 0 aromatic rings. The molecule has 3 N–H and O–H groups in total. The minimum Gasteiger partial charge on any atom is -0.326 e. The van der Waals surface area contributed by atoms with E-state index in [2.05, 4.69) is 10.4 Å². The Labute approximate surface area is 41.9 Å². The highest BCUT2D eigenvalue weighted by Crippen LogP contribution is 1.91. The first-order chi connectivity index (χ1) is 3.43. The van der Waals surface area contributed by atoms with Gasteiger partial charge in [0.25, 0.3) is 0 Å². The average molecular weight is 97.1 g/mol. The van der Waals surface area contributed by atoms with Crippen LogP contribution in [0.15, 0.2) is 16.8 Å². The highest BCUT2D eigenvalue weighted by molar-refractivity contribution is 5.74. The molecule has 0 amide bonds. The highest BCUT2D eigenvalue weighted by Gasteiger charge is 1.92. The Bertz CT molecular complexity index is 114. The number of rotatable bonds is 1. The van der Waals surface area contributed by atoms with Gasteiger partial charge in [-0.25, -0.2) is 0 Å². The van der Waals surface area contributed by atoms with Crippen LogP contribution >= 0.6 is 0 Å². The van der Waals surface area contributed by atoms with Gasteiger partial charge in [-0.2, -0.15) is 0 Å². The van der Waals surface area contributed by atoms with Gasteiger partial charge in [-0.15, -0.1) is 0 Å². The molecule has 38 valence electrons. The van der Waals surface area contributed by atoms with Gasteiger partial charge in [-0.3, -0.25) is 10.8 Å². The number of hydrogen-bond donors (Lipinski definition) is 2. The molecule has 0 aromatic heterocycles. The molecule has 0 unspecified atom stereocenters. The Balaban J connectivity index is 2.45. The zero-order chi connectivity index (χ0) is 5.11. The van der Waals surface area contributed by atoms with Gasteiger partial charge in [0.2, 0.25) is 0 Å². The predicted octanol–water partition coefficient (Wildman–Crippen LogP) is -0.582. The van der Waals surface area contributed by atoms with E-state index in [4.69, 9.17) is 5.84 Å². The van der Waals surface area contributed by atoms with Crippen LogP contribution in [0.2, 0.25) is 0 Å². The molecule has 0 saturated heterocycles. The third kappa shape index (κ3) is 0.778. The Hall–Kier alpha value is -0.830. The summed E-state index contributed by atoms with van der Waals surface area (Å²) in [4.78, 5) is 3.88. The summed E-state index contributed by atoms with van der Waals surface area (Å²) >= 11 is 0. The number of nitrogens with two attached hydrogens (primary N) is 1. The van der Waals surface area contributed by atoms with Crippen molar-refractivity contribution >= 4 is 6.21 Å². The molecular formula is C4H7N3. The molecule has 3 nitrogen and oxygen atoms in total. The summed E-state index contributed by atoms with van der Waals surface area (Å²) < 4.78 is 0. The summed E-state index contributed by atoms with van der Waals surface area (Å²) in [7, 11) is 0. The van der Waals surface area contributed by atoms with E-state index in [-0.39, 0.29) is 0 Å². The first-order valence-corrected chi connectivity index (χ1v) is 2.09. The average Bonchev–Trinajstić information content (AvgIpc) is 2.14. The van der Waals surface area contributed by atoms with E-state index in [0.717, 1.165) is 5.70 Å². The second-order valence-electron chi connectivity index (χ2n) is 1.33. The lowest BCUT2D eigenvalue weighted by molar-refractivity contribution is 0.860. The molecule has 7 heavy (non-hydrogen) atoms. The van der Waals surface area contributed by atoms with Crippen molar-refractivity contribution in [3.05, 3.63) is 11.8 Å². The van der Waals surface area contributed by atoms with Crippen molar-refractivity contribution in [2.24, 2.45) is 10.8 Å². The van der Waals surface area contributed by atoms with Crippen LogP contribution in [0.5, 0.6) is 0 Å². The van der Waals surface area contributed by atoms with Crippen LogP contribution < -0.4 is 11.3 Å². The summed E-state index contributed by atoms with van der Waals surface area (Å²) in [5, 5.41) is 0. The van der Waals surface area contributed by atoms with E-state index < -0.39 is 0 Å². The van der Waals surface area contributed by atoms with Crippen LogP contribution in [0.3, 0.4) is 0 Å². The van der Waals surface area contributed by atoms with E-state index in [9.17, 15) is 0 Å². The fraction of sp³-hybridized carbons (Fsp3) is 0.250. The maximum absolute atomic E-state index is 5.04. The quantitative estimate of drug-likeness (QED) is 0.339. The van der Waals surface area contributed by atoms with Crippen LogP contribution in [0.1, 0.15) is 0 Å². The topological polar surface area (TPSA) is 50.4 Å². The highest BCUT2D eigenvalue weighted by atomic mass is 15.2. The van der Waals surface area contributed by atoms with Crippen molar-refractivity contribution in [3.8, 4) is 0 Å². The Morgan fingerprint density at radius 2 is 2.71 bits per heavy atom. The molecule has 0 radical (unpaired) electrons. The summed E-state index contributed by atoms with van der Waals surface area (Å²) in [5.41, 5.74) is 3.47. The van der Waals surface area contributed by atoms with Crippen LogP contribution in [0, 0.1) is 0 Å². The summed E-state index contributed by atoms with van der Waals surface area (Å²) in [5.74, 6) is 5.04. The molecule has 1 aliphatic heterocycles. The Morgan fingerprint density at radius 1 is 1.86 bits per heavy atom. The van der Waals surface area contributed by atoms with Crippen molar-refractivity contribution in [2.45, 2.75) is 0 Å². The van der Waals surface area contributed by atoms with Gasteiger partial charge < -0.3 is 5.43 Å². The molecule has 0 aromatic carbocycles. The Kier molecular flexibility index (Phi) is 1.08. The van der Waals surface area contributed by atoms with Crippen LogP contribution in [-0.2, 0) is 0 Å². The standard InChI is InChI=1S/C4H7N3/c5-7-4-1-2-6-3-4/h1-2,7H,3,5H2. The Morgan fingerprint density at radius 3 is 3.00 bits per heavy atom. The maximum Gasteiger partial charge on any atom is 0.0800 e. The van der Waals surface area contributed by atoms with E-state index in [1.807, 2.05) is 6.08 Å². The first kappa shape index (κ1) is 4.33. The molecule has 0 fully saturated rings. The third-order valence-corrected chi connectivity index (χ3v) is 0.828. The molecule has 0 spiro atoms. The lowest BCUT2D eigenvalue weighted by Crippen LogP contribution is -2.21. The van der Waals surface area contributed by atoms with Crippen molar-refractivity contribution in [3.63, 3.8) is 0 Å². The number of hydrazine groups is 1. The van der Waals surface area contributed by atoms with Crippen molar-refractivity contribution in [1.82, 2.24) is 5.43 Å². The molecule has 0 bridgehead atoms. The van der Waals surface area contributed by atoms with Crippen LogP contribution in [0.25, 0.3) is 0 Å². The number of aliphatic imine (C=N–C) groups is 1. The van der Waals surface area contributed by atoms with Crippen LogP contribution in [-0.4, -0.2) is 12.8 Å². The van der Waals surface area contributed by atoms with Crippen molar-refractivity contribution in [1.29, 1.82) is 0 Å². The minimum absolute atomic E-state index is 0.705. The predicted molar refractivity (Wildman–Crippen MR) is 28.8 cm³/mol. The lowest BCUT2D eigenvalue weighted by atomic mass is 10.5. The summed E-state index contributed by atoms with van der Waals surface area (Å²) in [6.45, 7) is 0.705. The second-order valence-corrected chi connectivity index (χ2v) is 1.33. The number of allylic oxidation sites excluding steroid dienone is 1. The van der Waals surface area contributed by atoms with Gasteiger partial charge in [0, 0.05) is 11.9 Å². The molecule has 1 heterocycles. The van der Waals surface area contributed by atoms with E-state index in [0.29, 0.717) is 6.54 Å². The smallest absolute Gasteiger partial charge is 0.0800 e. The fourth-order valence-electron chi connectivity index (χ4n) is 0.440. The van der Waals surface area contributed by atoms with Crippen LogP contribution in [0.4, 0.5) is 0 Å². The van der Waals surface area contributed by atoms with Gasteiger partial charge in [0.05, 0.1) is 6.54 Å². The lowest BCUT2D eigenvalue weighted by Gasteiger charge is -1.93. The zero-order valence-electron chi connectivity index (χ0n) is 3.89. The second kappa shape index (κ2) is 1.75. The first-order valence-electron chi connectivity index (χ1n) is 2.09. The number of nitrogens with one attached hydrogen (secondary N) is 1. The number of hydrogen-bond acceptors (Lipinski definition) is 3. The largest absolute Gasteiger partial charge is 0.326 e. The van der Waals surface area contributed by atoms with E-state index in [1.54, 1.807) is 6.21 Å². The van der Waals surface area contributed by atoms with E-state index in [1.165, 1.54) is 0 Å². The molecule has 0 atom stereocenters. The fourth-order valence-corrected chi connectivity index (χ4v) is 0.440. The van der Waals surface area contributed by atoms with Gasteiger partial charge >= 0.3 is 0 Å². The van der Waals surface area contributed by atoms with Gasteiger partial charge in [-0.1, -0.05) is 0 Å². The van der Waals surface area contributed by atoms with Crippen molar-refractivity contribution in [2.75, 3.05) is 6.54 Å². The van der Waals surface area contributed by atoms with Crippen molar-refractivity contribution < 1.29 is 0 Å². The maximum atomic E-state index is 5.04. The molecule has 1 aliphatic rings. The summed E-state index contributed by atoms with van der Waals surface area (Å²) in [6.07, 6.45) is 3.58. The normalized spacial score (nSPS) is 17.0. The van der Waals surface area contributed by atoms with Gasteiger partial charge in [0.15, 0.2) is 0 Å².